The van der Waals surface area contributed by atoms with Gasteiger partial charge in [-0.2, -0.15) is 0 Å². The number of furan rings is 1. The molecule has 1 aromatic heterocycles. The predicted octanol–water partition coefficient (Wildman–Crippen LogP) is 1.27. The molecule has 0 radical (unpaired) electrons. The molecule has 1 amide bonds. The fourth-order valence-electron chi connectivity index (χ4n) is 3.11. The zero-order valence-corrected chi connectivity index (χ0v) is 13.8. The number of hydrogen-bond donors (Lipinski definition) is 0. The van der Waals surface area contributed by atoms with E-state index in [1.54, 1.807) is 17.0 Å². The maximum Gasteiger partial charge on any atom is 0.289 e. The number of rotatable bonds is 2. The second kappa shape index (κ2) is 6.22. The molecule has 2 aliphatic rings. The molecule has 122 valence electrons. The first-order chi connectivity index (χ1) is 10.4. The predicted molar refractivity (Wildman–Crippen MR) is 82.9 cm³/mol. The van der Waals surface area contributed by atoms with Crippen molar-refractivity contribution in [2.75, 3.05) is 37.7 Å². The third-order valence-electron chi connectivity index (χ3n) is 4.43. The molecule has 2 aliphatic heterocycles. The Hall–Kier alpha value is -1.05. The van der Waals surface area contributed by atoms with Gasteiger partial charge in [-0.3, -0.25) is 9.69 Å². The summed E-state index contributed by atoms with van der Waals surface area (Å²) in [6.07, 6.45) is 1.72. The summed E-state index contributed by atoms with van der Waals surface area (Å²) in [6, 6.07) is 3.52. The summed E-state index contributed by atoms with van der Waals surface area (Å²) in [6.45, 7) is 2.53. The van der Waals surface area contributed by atoms with Crippen molar-refractivity contribution < 1.29 is 17.6 Å². The molecule has 0 saturated carbocycles. The number of likely N-dealkylation sites (tertiary alicyclic amines) is 1. The number of carbonyl (C=O) groups is 1. The van der Waals surface area contributed by atoms with Gasteiger partial charge in [0.05, 0.1) is 11.5 Å². The van der Waals surface area contributed by atoms with Crippen molar-refractivity contribution in [1.82, 2.24) is 9.80 Å². The lowest BCUT2D eigenvalue weighted by atomic mass is 10.0. The van der Waals surface area contributed by atoms with Crippen LogP contribution in [0, 0.1) is 0 Å². The van der Waals surface area contributed by atoms with Crippen LogP contribution in [0.5, 0.6) is 0 Å². The second-order valence-electron chi connectivity index (χ2n) is 5.81. The van der Waals surface area contributed by atoms with Gasteiger partial charge in [0, 0.05) is 32.2 Å². The highest BCUT2D eigenvalue weighted by Crippen LogP contribution is 2.21. The second-order valence-corrected chi connectivity index (χ2v) is 8.49. The SMILES string of the molecule is O=C(c1ccc(Cl)o1)N1CCC(N2CCS(=O)(=O)CC2)CC1. The van der Waals surface area contributed by atoms with Gasteiger partial charge < -0.3 is 9.32 Å². The number of piperidine rings is 1. The smallest absolute Gasteiger partial charge is 0.289 e. The van der Waals surface area contributed by atoms with E-state index >= 15 is 0 Å². The van der Waals surface area contributed by atoms with Crippen molar-refractivity contribution >= 4 is 27.3 Å². The van der Waals surface area contributed by atoms with Crippen molar-refractivity contribution in [2.24, 2.45) is 0 Å². The molecule has 3 rings (SSSR count). The monoisotopic (exact) mass is 346 g/mol. The molecule has 2 saturated heterocycles. The Kier molecular flexibility index (Phi) is 4.47. The summed E-state index contributed by atoms with van der Waals surface area (Å²) in [4.78, 5) is 16.3. The first-order valence-electron chi connectivity index (χ1n) is 7.44. The molecule has 2 fully saturated rings. The van der Waals surface area contributed by atoms with Gasteiger partial charge in [0.25, 0.3) is 5.91 Å². The number of nitrogens with zero attached hydrogens (tertiary/aromatic N) is 2. The van der Waals surface area contributed by atoms with E-state index in [1.807, 2.05) is 0 Å². The van der Waals surface area contributed by atoms with Gasteiger partial charge in [-0.15, -0.1) is 0 Å². The van der Waals surface area contributed by atoms with E-state index < -0.39 is 9.84 Å². The first kappa shape index (κ1) is 15.8. The van der Waals surface area contributed by atoms with Crippen molar-refractivity contribution in [2.45, 2.75) is 18.9 Å². The van der Waals surface area contributed by atoms with Gasteiger partial charge in [0.15, 0.2) is 20.8 Å². The van der Waals surface area contributed by atoms with Gasteiger partial charge in [-0.25, -0.2) is 8.42 Å². The first-order valence-corrected chi connectivity index (χ1v) is 9.64. The van der Waals surface area contributed by atoms with E-state index in [2.05, 4.69) is 4.90 Å². The zero-order valence-electron chi connectivity index (χ0n) is 12.2. The average molecular weight is 347 g/mol. The van der Waals surface area contributed by atoms with E-state index in [1.165, 1.54) is 0 Å². The van der Waals surface area contributed by atoms with Crippen LogP contribution < -0.4 is 0 Å². The fourth-order valence-corrected chi connectivity index (χ4v) is 4.49. The summed E-state index contributed by atoms with van der Waals surface area (Å²) in [5.41, 5.74) is 0. The van der Waals surface area contributed by atoms with Gasteiger partial charge in [0.2, 0.25) is 0 Å². The highest BCUT2D eigenvalue weighted by Gasteiger charge is 2.31. The van der Waals surface area contributed by atoms with Crippen LogP contribution >= 0.6 is 11.6 Å². The molecule has 0 unspecified atom stereocenters. The maximum atomic E-state index is 12.3. The Morgan fingerprint density at radius 2 is 1.77 bits per heavy atom. The molecular formula is C14H19ClN2O4S. The lowest BCUT2D eigenvalue weighted by Gasteiger charge is -2.39. The van der Waals surface area contributed by atoms with E-state index in [0.717, 1.165) is 12.8 Å². The van der Waals surface area contributed by atoms with E-state index in [0.29, 0.717) is 32.2 Å². The van der Waals surface area contributed by atoms with Gasteiger partial charge in [-0.05, 0) is 36.6 Å². The fraction of sp³-hybridized carbons (Fsp3) is 0.643. The lowest BCUT2D eigenvalue weighted by Crippen LogP contribution is -2.51. The molecule has 6 nitrogen and oxygen atoms in total. The van der Waals surface area contributed by atoms with Gasteiger partial charge >= 0.3 is 0 Å². The van der Waals surface area contributed by atoms with Crippen molar-refractivity contribution in [3.8, 4) is 0 Å². The molecule has 0 N–H and O–H groups in total. The Labute approximate surface area is 134 Å². The quantitative estimate of drug-likeness (QED) is 0.806. The molecule has 0 aromatic carbocycles. The van der Waals surface area contributed by atoms with Gasteiger partial charge in [-0.1, -0.05) is 0 Å². The van der Waals surface area contributed by atoms with Crippen LogP contribution in [0.3, 0.4) is 0 Å². The summed E-state index contributed by atoms with van der Waals surface area (Å²) in [5.74, 6) is 0.632. The average Bonchev–Trinajstić information content (AvgIpc) is 2.93. The van der Waals surface area contributed by atoms with Crippen molar-refractivity contribution in [1.29, 1.82) is 0 Å². The standard InChI is InChI=1S/C14H19ClN2O4S/c15-13-2-1-12(21-13)14(18)17-5-3-11(4-6-17)16-7-9-22(19,20)10-8-16/h1-2,11H,3-10H2. The third kappa shape index (κ3) is 3.47. The summed E-state index contributed by atoms with van der Waals surface area (Å²) >= 11 is 5.70. The minimum atomic E-state index is -2.84. The number of amides is 1. The highest BCUT2D eigenvalue weighted by molar-refractivity contribution is 7.91. The summed E-state index contributed by atoms with van der Waals surface area (Å²) in [7, 11) is -2.84. The molecular weight excluding hydrogens is 328 g/mol. The molecule has 1 aromatic rings. The number of hydrogen-bond acceptors (Lipinski definition) is 5. The van der Waals surface area contributed by atoms with Crippen molar-refractivity contribution in [3.63, 3.8) is 0 Å². The largest absolute Gasteiger partial charge is 0.440 e. The highest BCUT2D eigenvalue weighted by atomic mass is 35.5. The molecule has 0 atom stereocenters. The van der Waals surface area contributed by atoms with Crippen LogP contribution in [0.1, 0.15) is 23.4 Å². The van der Waals surface area contributed by atoms with Crippen LogP contribution in [0.2, 0.25) is 5.22 Å². The molecule has 22 heavy (non-hydrogen) atoms. The maximum absolute atomic E-state index is 12.3. The van der Waals surface area contributed by atoms with E-state index in [-0.39, 0.29) is 28.4 Å². The summed E-state index contributed by atoms with van der Waals surface area (Å²) in [5, 5.41) is 0.216. The van der Waals surface area contributed by atoms with E-state index in [4.69, 9.17) is 16.0 Å². The number of sulfone groups is 1. The Morgan fingerprint density at radius 1 is 1.14 bits per heavy atom. The Bertz CT molecular complexity index is 636. The molecule has 0 aliphatic carbocycles. The minimum absolute atomic E-state index is 0.133. The topological polar surface area (TPSA) is 70.8 Å². The lowest BCUT2D eigenvalue weighted by molar-refractivity contribution is 0.0600. The minimum Gasteiger partial charge on any atom is -0.440 e. The van der Waals surface area contributed by atoms with Crippen LogP contribution in [0.15, 0.2) is 16.5 Å². The normalized spacial score (nSPS) is 23.6. The van der Waals surface area contributed by atoms with Crippen LogP contribution in [0.25, 0.3) is 0 Å². The molecule has 8 heteroatoms. The van der Waals surface area contributed by atoms with E-state index in [9.17, 15) is 13.2 Å². The molecule has 0 bridgehead atoms. The number of halogens is 1. The summed E-state index contributed by atoms with van der Waals surface area (Å²) < 4.78 is 28.1. The molecule has 3 heterocycles. The van der Waals surface area contributed by atoms with Gasteiger partial charge in [0.1, 0.15) is 0 Å². The Morgan fingerprint density at radius 3 is 2.32 bits per heavy atom. The van der Waals surface area contributed by atoms with Crippen LogP contribution in [-0.4, -0.2) is 67.9 Å². The van der Waals surface area contributed by atoms with Crippen LogP contribution in [0.4, 0.5) is 0 Å². The molecule has 0 spiro atoms. The number of carbonyl (C=O) groups excluding carboxylic acids is 1. The van der Waals surface area contributed by atoms with Crippen molar-refractivity contribution in [3.05, 3.63) is 23.1 Å². The zero-order chi connectivity index (χ0) is 15.7. The Balaban J connectivity index is 1.53. The van der Waals surface area contributed by atoms with Crippen LogP contribution in [-0.2, 0) is 9.84 Å². The third-order valence-corrected chi connectivity index (χ3v) is 6.24.